The summed E-state index contributed by atoms with van der Waals surface area (Å²) in [6, 6.07) is 3.98. The summed E-state index contributed by atoms with van der Waals surface area (Å²) in [5.41, 5.74) is 1.13. The number of halogens is 1. The number of hydrogen-bond acceptors (Lipinski definition) is 3. The van der Waals surface area contributed by atoms with Gasteiger partial charge in [0.2, 0.25) is 0 Å². The number of nitrogens with zero attached hydrogens (tertiary/aromatic N) is 3. The van der Waals surface area contributed by atoms with Crippen molar-refractivity contribution >= 4 is 15.9 Å². The van der Waals surface area contributed by atoms with Gasteiger partial charge in [-0.25, -0.2) is 9.67 Å². The Labute approximate surface area is 116 Å². The molecule has 1 N–H and O–H groups in total. The van der Waals surface area contributed by atoms with E-state index in [1.165, 1.54) is 0 Å². The highest BCUT2D eigenvalue weighted by molar-refractivity contribution is 9.10. The lowest BCUT2D eigenvalue weighted by atomic mass is 10.2. The molecule has 5 heteroatoms. The fourth-order valence-electron chi connectivity index (χ4n) is 1.70. The van der Waals surface area contributed by atoms with Gasteiger partial charge in [0, 0.05) is 35.2 Å². The standard InChI is InChI=1S/C13H17BrN4/c1-10(2)7-15-8-11-6-12(14)9-16-13(11)18-5-3-4-17-18/h3-6,9-10,15H,7-8H2,1-2H3. The van der Waals surface area contributed by atoms with Crippen LogP contribution in [0.15, 0.2) is 35.2 Å². The summed E-state index contributed by atoms with van der Waals surface area (Å²) in [5.74, 6) is 1.51. The van der Waals surface area contributed by atoms with Gasteiger partial charge in [-0.3, -0.25) is 0 Å². The Morgan fingerprint density at radius 3 is 2.94 bits per heavy atom. The van der Waals surface area contributed by atoms with Crippen molar-refractivity contribution in [1.29, 1.82) is 0 Å². The molecule has 0 aliphatic rings. The molecule has 0 bridgehead atoms. The third-order valence-corrected chi connectivity index (χ3v) is 2.93. The molecule has 0 saturated heterocycles. The van der Waals surface area contributed by atoms with E-state index < -0.39 is 0 Å². The average molecular weight is 309 g/mol. The maximum Gasteiger partial charge on any atom is 0.157 e. The minimum Gasteiger partial charge on any atom is -0.312 e. The van der Waals surface area contributed by atoms with Crippen LogP contribution in [0.5, 0.6) is 0 Å². The van der Waals surface area contributed by atoms with Crippen molar-refractivity contribution in [3.05, 3.63) is 40.8 Å². The third-order valence-electron chi connectivity index (χ3n) is 2.50. The van der Waals surface area contributed by atoms with Crippen LogP contribution in [-0.2, 0) is 6.54 Å². The van der Waals surface area contributed by atoms with Crippen molar-refractivity contribution in [3.63, 3.8) is 0 Å². The first kappa shape index (κ1) is 13.2. The normalized spacial score (nSPS) is 11.1. The molecule has 0 spiro atoms. The van der Waals surface area contributed by atoms with Gasteiger partial charge in [-0.2, -0.15) is 5.10 Å². The van der Waals surface area contributed by atoms with E-state index in [-0.39, 0.29) is 0 Å². The van der Waals surface area contributed by atoms with Crippen LogP contribution in [0.1, 0.15) is 19.4 Å². The van der Waals surface area contributed by atoms with E-state index in [1.54, 1.807) is 17.1 Å². The molecule has 0 fully saturated rings. The molecule has 96 valence electrons. The molecule has 0 radical (unpaired) electrons. The highest BCUT2D eigenvalue weighted by atomic mass is 79.9. The minimum absolute atomic E-state index is 0.637. The summed E-state index contributed by atoms with van der Waals surface area (Å²) in [4.78, 5) is 4.43. The summed E-state index contributed by atoms with van der Waals surface area (Å²) >= 11 is 3.46. The van der Waals surface area contributed by atoms with Crippen LogP contribution in [0.25, 0.3) is 5.82 Å². The summed E-state index contributed by atoms with van der Waals surface area (Å²) in [5, 5.41) is 7.66. The molecule has 0 atom stereocenters. The van der Waals surface area contributed by atoms with Crippen molar-refractivity contribution < 1.29 is 0 Å². The van der Waals surface area contributed by atoms with Crippen LogP contribution >= 0.6 is 15.9 Å². The van der Waals surface area contributed by atoms with Gasteiger partial charge in [0.25, 0.3) is 0 Å². The monoisotopic (exact) mass is 308 g/mol. The van der Waals surface area contributed by atoms with Crippen molar-refractivity contribution in [1.82, 2.24) is 20.1 Å². The SMILES string of the molecule is CC(C)CNCc1cc(Br)cnc1-n1cccn1. The molecule has 2 heterocycles. The Balaban J connectivity index is 2.19. The number of pyridine rings is 1. The van der Waals surface area contributed by atoms with E-state index in [0.717, 1.165) is 28.9 Å². The molecule has 0 aliphatic carbocycles. The van der Waals surface area contributed by atoms with Gasteiger partial charge in [-0.1, -0.05) is 13.8 Å². The number of rotatable bonds is 5. The molecule has 2 aromatic rings. The first-order valence-electron chi connectivity index (χ1n) is 6.02. The zero-order valence-electron chi connectivity index (χ0n) is 10.6. The first-order valence-corrected chi connectivity index (χ1v) is 6.81. The lowest BCUT2D eigenvalue weighted by Crippen LogP contribution is -2.20. The van der Waals surface area contributed by atoms with Gasteiger partial charge in [0.05, 0.1) is 0 Å². The van der Waals surface area contributed by atoms with Crippen molar-refractivity contribution in [2.45, 2.75) is 20.4 Å². The molecule has 0 amide bonds. The van der Waals surface area contributed by atoms with E-state index >= 15 is 0 Å². The van der Waals surface area contributed by atoms with Gasteiger partial charge < -0.3 is 5.32 Å². The van der Waals surface area contributed by atoms with Crippen LogP contribution in [0.2, 0.25) is 0 Å². The summed E-state index contributed by atoms with van der Waals surface area (Å²) < 4.78 is 2.78. The second-order valence-electron chi connectivity index (χ2n) is 4.61. The summed E-state index contributed by atoms with van der Waals surface area (Å²) in [6.07, 6.45) is 5.46. The van der Waals surface area contributed by atoms with Crippen LogP contribution in [0.4, 0.5) is 0 Å². The smallest absolute Gasteiger partial charge is 0.157 e. The van der Waals surface area contributed by atoms with E-state index in [9.17, 15) is 0 Å². The van der Waals surface area contributed by atoms with E-state index in [2.05, 4.69) is 51.2 Å². The van der Waals surface area contributed by atoms with Crippen molar-refractivity contribution in [2.24, 2.45) is 5.92 Å². The van der Waals surface area contributed by atoms with Crippen molar-refractivity contribution in [3.8, 4) is 5.82 Å². The molecule has 4 nitrogen and oxygen atoms in total. The first-order chi connectivity index (χ1) is 8.66. The van der Waals surface area contributed by atoms with E-state index in [4.69, 9.17) is 0 Å². The average Bonchev–Trinajstić information content (AvgIpc) is 2.82. The lowest BCUT2D eigenvalue weighted by Gasteiger charge is -2.11. The molecule has 0 saturated carbocycles. The Bertz CT molecular complexity index is 494. The molecule has 2 aromatic heterocycles. The van der Waals surface area contributed by atoms with Crippen LogP contribution in [0, 0.1) is 5.92 Å². The largest absolute Gasteiger partial charge is 0.312 e. The molecule has 0 aromatic carbocycles. The molecular weight excluding hydrogens is 292 g/mol. The molecule has 18 heavy (non-hydrogen) atoms. The van der Waals surface area contributed by atoms with Crippen LogP contribution in [-0.4, -0.2) is 21.3 Å². The highest BCUT2D eigenvalue weighted by Crippen LogP contribution is 2.16. The summed E-state index contributed by atoms with van der Waals surface area (Å²) in [6.45, 7) is 6.17. The summed E-state index contributed by atoms with van der Waals surface area (Å²) in [7, 11) is 0. The predicted molar refractivity (Wildman–Crippen MR) is 75.6 cm³/mol. The highest BCUT2D eigenvalue weighted by Gasteiger charge is 2.07. The Morgan fingerprint density at radius 1 is 1.44 bits per heavy atom. The maximum absolute atomic E-state index is 4.43. The van der Waals surface area contributed by atoms with Gasteiger partial charge in [-0.15, -0.1) is 0 Å². The molecule has 0 unspecified atom stereocenters. The second kappa shape index (κ2) is 6.11. The lowest BCUT2D eigenvalue weighted by molar-refractivity contribution is 0.550. The number of nitrogens with one attached hydrogen (secondary N) is 1. The molecule has 2 rings (SSSR count). The molecule has 0 aliphatic heterocycles. The van der Waals surface area contributed by atoms with Gasteiger partial charge >= 0.3 is 0 Å². The Kier molecular flexibility index (Phi) is 4.49. The van der Waals surface area contributed by atoms with Crippen LogP contribution in [0.3, 0.4) is 0 Å². The van der Waals surface area contributed by atoms with Gasteiger partial charge in [-0.05, 0) is 40.5 Å². The zero-order valence-corrected chi connectivity index (χ0v) is 12.2. The quantitative estimate of drug-likeness (QED) is 0.923. The molecular formula is C13H17BrN4. The second-order valence-corrected chi connectivity index (χ2v) is 5.53. The van der Waals surface area contributed by atoms with E-state index in [1.807, 2.05) is 12.3 Å². The minimum atomic E-state index is 0.637. The Morgan fingerprint density at radius 2 is 2.28 bits per heavy atom. The van der Waals surface area contributed by atoms with Crippen molar-refractivity contribution in [2.75, 3.05) is 6.54 Å². The number of aromatic nitrogens is 3. The van der Waals surface area contributed by atoms with Gasteiger partial charge in [0.15, 0.2) is 5.82 Å². The fraction of sp³-hybridized carbons (Fsp3) is 0.385. The predicted octanol–water partition coefficient (Wildman–Crippen LogP) is 2.78. The Hall–Kier alpha value is -1.20. The van der Waals surface area contributed by atoms with E-state index in [0.29, 0.717) is 5.92 Å². The fourth-order valence-corrected chi connectivity index (χ4v) is 2.08. The number of hydrogen-bond donors (Lipinski definition) is 1. The maximum atomic E-state index is 4.43. The third kappa shape index (κ3) is 3.40. The topological polar surface area (TPSA) is 42.7 Å². The van der Waals surface area contributed by atoms with Gasteiger partial charge in [0.1, 0.15) is 0 Å². The zero-order chi connectivity index (χ0) is 13.0. The van der Waals surface area contributed by atoms with Crippen LogP contribution < -0.4 is 5.32 Å².